The first kappa shape index (κ1) is 17.4. The average molecular weight is 381 g/mol. The van der Waals surface area contributed by atoms with Gasteiger partial charge >= 0.3 is 0 Å². The maximum Gasteiger partial charge on any atom is 0.237 e. The van der Waals surface area contributed by atoms with Crippen molar-refractivity contribution in [2.24, 2.45) is 0 Å². The molecule has 4 rings (SSSR count). The maximum atomic E-state index is 13.0. The molecule has 1 N–H and O–H groups in total. The van der Waals surface area contributed by atoms with Crippen LogP contribution in [0.5, 0.6) is 0 Å². The zero-order valence-corrected chi connectivity index (χ0v) is 15.3. The normalized spacial score (nSPS) is 11.0. The van der Waals surface area contributed by atoms with E-state index in [1.165, 1.54) is 23.9 Å². The molecule has 136 valence electrons. The standard InChI is InChI=1S/C19H16FN5OS/c1-2-21-18-14-5-3-4-6-15(14)22-19(24-18)27-11-16-23-17(25-26-16)12-7-9-13(20)10-8-12/h3-10H,2,11H2,1H3,(H,21,22,24). The average Bonchev–Trinajstić information content (AvgIpc) is 3.16. The third-order valence-electron chi connectivity index (χ3n) is 3.82. The van der Waals surface area contributed by atoms with Crippen molar-refractivity contribution in [2.45, 2.75) is 17.8 Å². The van der Waals surface area contributed by atoms with Crippen molar-refractivity contribution in [1.82, 2.24) is 20.1 Å². The topological polar surface area (TPSA) is 76.7 Å². The first-order valence-electron chi connectivity index (χ1n) is 8.45. The van der Waals surface area contributed by atoms with Crippen molar-refractivity contribution in [1.29, 1.82) is 0 Å². The van der Waals surface area contributed by atoms with Crippen LogP contribution in [0.1, 0.15) is 12.8 Å². The van der Waals surface area contributed by atoms with Gasteiger partial charge in [0.05, 0.1) is 11.3 Å². The number of halogens is 1. The van der Waals surface area contributed by atoms with Crippen LogP contribution >= 0.6 is 11.8 Å². The van der Waals surface area contributed by atoms with Crippen molar-refractivity contribution >= 4 is 28.5 Å². The number of nitrogens with one attached hydrogen (secondary N) is 1. The summed E-state index contributed by atoms with van der Waals surface area (Å²) in [5.41, 5.74) is 1.58. The predicted octanol–water partition coefficient (Wildman–Crippen LogP) is 4.54. The van der Waals surface area contributed by atoms with Crippen LogP contribution in [0, 0.1) is 5.82 Å². The number of rotatable bonds is 6. The molecule has 2 heterocycles. The molecule has 0 spiro atoms. The summed E-state index contributed by atoms with van der Waals surface area (Å²) < 4.78 is 18.3. The molecule has 8 heteroatoms. The molecule has 0 unspecified atom stereocenters. The number of anilines is 1. The molecule has 0 atom stereocenters. The van der Waals surface area contributed by atoms with Crippen LogP contribution in [0.15, 0.2) is 58.2 Å². The molecule has 0 aliphatic rings. The fraction of sp³-hybridized carbons (Fsp3) is 0.158. The fourth-order valence-electron chi connectivity index (χ4n) is 2.58. The number of benzene rings is 2. The predicted molar refractivity (Wildman–Crippen MR) is 103 cm³/mol. The number of fused-ring (bicyclic) bond motifs is 1. The lowest BCUT2D eigenvalue weighted by molar-refractivity contribution is 0.391. The lowest BCUT2D eigenvalue weighted by atomic mass is 10.2. The van der Waals surface area contributed by atoms with Gasteiger partial charge in [0.2, 0.25) is 11.7 Å². The Hall–Kier alpha value is -3.00. The van der Waals surface area contributed by atoms with E-state index in [9.17, 15) is 4.39 Å². The summed E-state index contributed by atoms with van der Waals surface area (Å²) in [6.07, 6.45) is 0. The van der Waals surface area contributed by atoms with E-state index in [0.29, 0.717) is 28.2 Å². The second-order valence-electron chi connectivity index (χ2n) is 5.71. The third kappa shape index (κ3) is 3.90. The summed E-state index contributed by atoms with van der Waals surface area (Å²) in [6, 6.07) is 13.8. The van der Waals surface area contributed by atoms with E-state index in [2.05, 4.69) is 25.4 Å². The number of hydrogen-bond donors (Lipinski definition) is 1. The SMILES string of the molecule is CCNc1nc(SCc2nc(-c3ccc(F)cc3)no2)nc2ccccc12. The minimum Gasteiger partial charge on any atom is -0.370 e. The highest BCUT2D eigenvalue weighted by molar-refractivity contribution is 7.98. The van der Waals surface area contributed by atoms with Crippen molar-refractivity contribution in [3.05, 3.63) is 60.2 Å². The summed E-state index contributed by atoms with van der Waals surface area (Å²) in [5.74, 6) is 1.84. The summed E-state index contributed by atoms with van der Waals surface area (Å²) >= 11 is 1.42. The second-order valence-corrected chi connectivity index (χ2v) is 6.65. The molecule has 0 aliphatic heterocycles. The maximum absolute atomic E-state index is 13.0. The first-order chi connectivity index (χ1) is 13.2. The highest BCUT2D eigenvalue weighted by Gasteiger charge is 2.12. The third-order valence-corrected chi connectivity index (χ3v) is 4.65. The zero-order chi connectivity index (χ0) is 18.6. The number of thioether (sulfide) groups is 1. The van der Waals surface area contributed by atoms with Crippen molar-refractivity contribution in [3.63, 3.8) is 0 Å². The molecule has 0 fully saturated rings. The number of para-hydroxylation sites is 1. The van der Waals surface area contributed by atoms with Gasteiger partial charge in [-0.2, -0.15) is 4.98 Å². The molecule has 0 saturated heterocycles. The highest BCUT2D eigenvalue weighted by atomic mass is 32.2. The van der Waals surface area contributed by atoms with E-state index in [4.69, 9.17) is 4.52 Å². The largest absolute Gasteiger partial charge is 0.370 e. The van der Waals surface area contributed by atoms with Gasteiger partial charge in [0.25, 0.3) is 0 Å². The lowest BCUT2D eigenvalue weighted by Gasteiger charge is -2.08. The van der Waals surface area contributed by atoms with Gasteiger partial charge in [0.1, 0.15) is 11.6 Å². The second kappa shape index (κ2) is 7.71. The van der Waals surface area contributed by atoms with E-state index in [-0.39, 0.29) is 5.82 Å². The molecule has 4 aromatic rings. The van der Waals surface area contributed by atoms with Gasteiger partial charge < -0.3 is 9.84 Å². The summed E-state index contributed by atoms with van der Waals surface area (Å²) in [4.78, 5) is 13.5. The molecule has 6 nitrogen and oxygen atoms in total. The molecule has 27 heavy (non-hydrogen) atoms. The highest BCUT2D eigenvalue weighted by Crippen LogP contribution is 2.26. The zero-order valence-electron chi connectivity index (χ0n) is 14.5. The van der Waals surface area contributed by atoms with Crippen molar-refractivity contribution in [2.75, 3.05) is 11.9 Å². The molecular formula is C19H16FN5OS. The smallest absolute Gasteiger partial charge is 0.237 e. The fourth-order valence-corrected chi connectivity index (χ4v) is 3.27. The minimum atomic E-state index is -0.303. The minimum absolute atomic E-state index is 0.303. The monoisotopic (exact) mass is 381 g/mol. The first-order valence-corrected chi connectivity index (χ1v) is 9.43. The van der Waals surface area contributed by atoms with E-state index in [1.54, 1.807) is 12.1 Å². The molecule has 2 aromatic heterocycles. The molecule has 0 amide bonds. The van der Waals surface area contributed by atoms with Crippen LogP contribution in [0.3, 0.4) is 0 Å². The van der Waals surface area contributed by atoms with E-state index >= 15 is 0 Å². The van der Waals surface area contributed by atoms with E-state index in [0.717, 1.165) is 23.3 Å². The van der Waals surface area contributed by atoms with Gasteiger partial charge in [-0.3, -0.25) is 0 Å². The Bertz CT molecular complexity index is 1070. The van der Waals surface area contributed by atoms with E-state index in [1.807, 2.05) is 31.2 Å². The number of hydrogen-bond acceptors (Lipinski definition) is 7. The quantitative estimate of drug-likeness (QED) is 0.388. The van der Waals surface area contributed by atoms with Gasteiger partial charge in [-0.25, -0.2) is 14.4 Å². The molecule has 0 saturated carbocycles. The Morgan fingerprint density at radius 2 is 1.85 bits per heavy atom. The van der Waals surface area contributed by atoms with Crippen LogP contribution < -0.4 is 5.32 Å². The van der Waals surface area contributed by atoms with Crippen LogP contribution in [-0.4, -0.2) is 26.7 Å². The molecule has 0 bridgehead atoms. The van der Waals surface area contributed by atoms with Crippen LogP contribution in [-0.2, 0) is 5.75 Å². The lowest BCUT2D eigenvalue weighted by Crippen LogP contribution is -2.02. The Labute approximate surface area is 159 Å². The van der Waals surface area contributed by atoms with Gasteiger partial charge in [0.15, 0.2) is 5.16 Å². The summed E-state index contributed by atoms with van der Waals surface area (Å²) in [7, 11) is 0. The number of nitrogens with zero attached hydrogens (tertiary/aromatic N) is 4. The molecule has 2 aromatic carbocycles. The van der Waals surface area contributed by atoms with Crippen LogP contribution in [0.4, 0.5) is 10.2 Å². The Kier molecular flexibility index (Phi) is 4.97. The molecular weight excluding hydrogens is 365 g/mol. The summed E-state index contributed by atoms with van der Waals surface area (Å²) in [5, 5.41) is 8.84. The van der Waals surface area contributed by atoms with Crippen LogP contribution in [0.25, 0.3) is 22.3 Å². The van der Waals surface area contributed by atoms with Crippen molar-refractivity contribution < 1.29 is 8.91 Å². The van der Waals surface area contributed by atoms with Crippen molar-refractivity contribution in [3.8, 4) is 11.4 Å². The molecule has 0 aliphatic carbocycles. The Morgan fingerprint density at radius 1 is 1.04 bits per heavy atom. The van der Waals surface area contributed by atoms with Gasteiger partial charge in [-0.15, -0.1) is 0 Å². The van der Waals surface area contributed by atoms with Crippen LogP contribution in [0.2, 0.25) is 0 Å². The van der Waals surface area contributed by atoms with E-state index < -0.39 is 0 Å². The Morgan fingerprint density at radius 3 is 2.67 bits per heavy atom. The summed E-state index contributed by atoms with van der Waals surface area (Å²) in [6.45, 7) is 2.80. The van der Waals surface area contributed by atoms with Gasteiger partial charge in [-0.05, 0) is 43.3 Å². The van der Waals surface area contributed by atoms with Gasteiger partial charge in [-0.1, -0.05) is 29.1 Å². The van der Waals surface area contributed by atoms with Gasteiger partial charge in [0, 0.05) is 17.5 Å². The molecule has 0 radical (unpaired) electrons. The number of aromatic nitrogens is 4. The Balaban J connectivity index is 1.53.